The minimum absolute atomic E-state index is 0.153. The first-order valence-corrected chi connectivity index (χ1v) is 6.42. The Morgan fingerprint density at radius 3 is 2.88 bits per heavy atom. The van der Waals surface area contributed by atoms with Gasteiger partial charge in [0.05, 0.1) is 12.6 Å². The van der Waals surface area contributed by atoms with Crippen LogP contribution < -0.4 is 5.32 Å². The third-order valence-electron chi connectivity index (χ3n) is 2.97. The Bertz CT molecular complexity index is 428. The number of aryl methyl sites for hydroxylation is 1. The van der Waals surface area contributed by atoms with Crippen LogP contribution in [0.1, 0.15) is 30.5 Å². The summed E-state index contributed by atoms with van der Waals surface area (Å²) in [5.74, 6) is 1.04. The summed E-state index contributed by atoms with van der Waals surface area (Å²) in [5.41, 5.74) is 2.43. The van der Waals surface area contributed by atoms with E-state index in [1.54, 1.807) is 0 Å². The Morgan fingerprint density at radius 1 is 1.47 bits per heavy atom. The Hall–Kier alpha value is -0.990. The predicted molar refractivity (Wildman–Crippen MR) is 71.3 cm³/mol. The van der Waals surface area contributed by atoms with Crippen LogP contribution in [0.15, 0.2) is 30.0 Å². The lowest BCUT2D eigenvalue weighted by Gasteiger charge is -2.21. The number of nitrogens with one attached hydrogen (secondary N) is 1. The van der Waals surface area contributed by atoms with Gasteiger partial charge in [-0.15, -0.1) is 0 Å². The summed E-state index contributed by atoms with van der Waals surface area (Å²) in [4.78, 5) is 0. The molecule has 0 radical (unpaired) electrons. The highest BCUT2D eigenvalue weighted by molar-refractivity contribution is 6.30. The molecule has 0 bridgehead atoms. The van der Waals surface area contributed by atoms with Gasteiger partial charge in [-0.3, -0.25) is 0 Å². The van der Waals surface area contributed by atoms with Crippen LogP contribution in [0, 0.1) is 6.92 Å². The molecule has 1 aromatic rings. The van der Waals surface area contributed by atoms with E-state index in [0.717, 1.165) is 30.4 Å². The summed E-state index contributed by atoms with van der Waals surface area (Å²) in [5, 5.41) is 4.25. The molecule has 17 heavy (non-hydrogen) atoms. The molecule has 0 fully saturated rings. The molecule has 1 atom stereocenters. The van der Waals surface area contributed by atoms with Crippen LogP contribution in [0.4, 0.5) is 0 Å². The normalized spacial score (nSPS) is 16.5. The van der Waals surface area contributed by atoms with Crippen molar-refractivity contribution in [1.29, 1.82) is 0 Å². The van der Waals surface area contributed by atoms with E-state index in [0.29, 0.717) is 0 Å². The molecule has 0 saturated carbocycles. The van der Waals surface area contributed by atoms with Gasteiger partial charge in [0.25, 0.3) is 0 Å². The van der Waals surface area contributed by atoms with Gasteiger partial charge in [0, 0.05) is 11.4 Å². The van der Waals surface area contributed by atoms with E-state index in [2.05, 4.69) is 31.3 Å². The van der Waals surface area contributed by atoms with Crippen molar-refractivity contribution >= 4 is 11.6 Å². The summed E-state index contributed by atoms with van der Waals surface area (Å²) in [6, 6.07) is 6.16. The molecule has 0 aliphatic carbocycles. The van der Waals surface area contributed by atoms with Crippen LogP contribution >= 0.6 is 11.6 Å². The first kappa shape index (κ1) is 12.5. The quantitative estimate of drug-likeness (QED) is 0.883. The van der Waals surface area contributed by atoms with Crippen molar-refractivity contribution < 1.29 is 4.74 Å². The molecular weight excluding hydrogens is 234 g/mol. The predicted octanol–water partition coefficient (Wildman–Crippen LogP) is 3.60. The monoisotopic (exact) mass is 251 g/mol. The van der Waals surface area contributed by atoms with Crippen molar-refractivity contribution in [3.63, 3.8) is 0 Å². The lowest BCUT2D eigenvalue weighted by Crippen LogP contribution is -2.23. The fourth-order valence-corrected chi connectivity index (χ4v) is 2.40. The molecule has 0 aromatic heterocycles. The Labute approximate surface area is 108 Å². The molecule has 1 aliphatic heterocycles. The highest BCUT2D eigenvalue weighted by Crippen LogP contribution is 2.29. The summed E-state index contributed by atoms with van der Waals surface area (Å²) in [6.07, 6.45) is 3.17. The molecule has 0 saturated heterocycles. The maximum atomic E-state index is 5.99. The maximum Gasteiger partial charge on any atom is 0.114 e. The first-order valence-electron chi connectivity index (χ1n) is 6.04. The van der Waals surface area contributed by atoms with E-state index in [-0.39, 0.29) is 6.04 Å². The van der Waals surface area contributed by atoms with Crippen LogP contribution in [-0.4, -0.2) is 13.2 Å². The molecule has 2 nitrogen and oxygen atoms in total. The molecule has 1 aliphatic rings. The van der Waals surface area contributed by atoms with E-state index in [1.165, 1.54) is 11.1 Å². The van der Waals surface area contributed by atoms with Gasteiger partial charge in [0.15, 0.2) is 0 Å². The molecule has 3 heteroatoms. The van der Waals surface area contributed by atoms with Gasteiger partial charge >= 0.3 is 0 Å². The van der Waals surface area contributed by atoms with Gasteiger partial charge in [0.1, 0.15) is 5.76 Å². The summed E-state index contributed by atoms with van der Waals surface area (Å²) in [6.45, 7) is 5.89. The van der Waals surface area contributed by atoms with Gasteiger partial charge in [-0.25, -0.2) is 0 Å². The SMILES string of the molecule is CCNC(C1=CCCO1)c1ccc(Cl)cc1C. The summed E-state index contributed by atoms with van der Waals surface area (Å²) in [7, 11) is 0. The second-order valence-electron chi connectivity index (χ2n) is 4.24. The molecule has 1 aromatic carbocycles. The standard InChI is InChI=1S/C14H18ClNO/c1-3-16-14(13-5-4-8-17-13)12-7-6-11(15)9-10(12)2/h5-7,9,14,16H,3-4,8H2,1-2H3. The summed E-state index contributed by atoms with van der Waals surface area (Å²) < 4.78 is 5.67. The van der Waals surface area contributed by atoms with E-state index in [9.17, 15) is 0 Å². The van der Waals surface area contributed by atoms with Gasteiger partial charge in [-0.05, 0) is 42.8 Å². The van der Waals surface area contributed by atoms with E-state index in [1.807, 2.05) is 12.1 Å². The number of benzene rings is 1. The number of halogens is 1. The lowest BCUT2D eigenvalue weighted by molar-refractivity contribution is 0.216. The van der Waals surface area contributed by atoms with Crippen molar-refractivity contribution in [2.24, 2.45) is 0 Å². The average molecular weight is 252 g/mol. The molecule has 0 amide bonds. The van der Waals surface area contributed by atoms with Crippen molar-refractivity contribution in [1.82, 2.24) is 5.32 Å². The van der Waals surface area contributed by atoms with E-state index in [4.69, 9.17) is 16.3 Å². The van der Waals surface area contributed by atoms with Crippen molar-refractivity contribution in [2.75, 3.05) is 13.2 Å². The van der Waals surface area contributed by atoms with Crippen LogP contribution in [0.25, 0.3) is 0 Å². The minimum Gasteiger partial charge on any atom is -0.496 e. The third kappa shape index (κ3) is 2.82. The zero-order chi connectivity index (χ0) is 12.3. The Morgan fingerprint density at radius 2 is 2.29 bits per heavy atom. The summed E-state index contributed by atoms with van der Waals surface area (Å²) >= 11 is 5.99. The third-order valence-corrected chi connectivity index (χ3v) is 3.20. The molecule has 1 heterocycles. The molecular formula is C14H18ClNO. The van der Waals surface area contributed by atoms with Gasteiger partial charge in [-0.1, -0.05) is 24.6 Å². The minimum atomic E-state index is 0.153. The topological polar surface area (TPSA) is 21.3 Å². The second-order valence-corrected chi connectivity index (χ2v) is 4.67. The number of likely N-dealkylation sites (N-methyl/N-ethyl adjacent to an activating group) is 1. The van der Waals surface area contributed by atoms with Crippen LogP contribution in [0.5, 0.6) is 0 Å². The Balaban J connectivity index is 2.31. The van der Waals surface area contributed by atoms with Gasteiger partial charge in [0.2, 0.25) is 0 Å². The molecule has 1 N–H and O–H groups in total. The van der Waals surface area contributed by atoms with Crippen molar-refractivity contribution in [2.45, 2.75) is 26.3 Å². The van der Waals surface area contributed by atoms with Crippen LogP contribution in [0.3, 0.4) is 0 Å². The largest absolute Gasteiger partial charge is 0.496 e. The highest BCUT2D eigenvalue weighted by Gasteiger charge is 2.21. The van der Waals surface area contributed by atoms with Gasteiger partial charge < -0.3 is 10.1 Å². The fraction of sp³-hybridized carbons (Fsp3) is 0.429. The fourth-order valence-electron chi connectivity index (χ4n) is 2.17. The number of ether oxygens (including phenoxy) is 1. The molecule has 92 valence electrons. The maximum absolute atomic E-state index is 5.99. The Kier molecular flexibility index (Phi) is 4.08. The number of hydrogen-bond donors (Lipinski definition) is 1. The van der Waals surface area contributed by atoms with Crippen molar-refractivity contribution in [3.8, 4) is 0 Å². The van der Waals surface area contributed by atoms with Crippen LogP contribution in [0.2, 0.25) is 5.02 Å². The number of hydrogen-bond acceptors (Lipinski definition) is 2. The van der Waals surface area contributed by atoms with E-state index < -0.39 is 0 Å². The molecule has 0 spiro atoms. The first-order chi connectivity index (χ1) is 8.22. The zero-order valence-corrected chi connectivity index (χ0v) is 11.1. The zero-order valence-electron chi connectivity index (χ0n) is 10.3. The molecule has 2 rings (SSSR count). The number of rotatable bonds is 4. The van der Waals surface area contributed by atoms with Gasteiger partial charge in [-0.2, -0.15) is 0 Å². The highest BCUT2D eigenvalue weighted by atomic mass is 35.5. The lowest BCUT2D eigenvalue weighted by atomic mass is 9.99. The second kappa shape index (κ2) is 5.56. The molecule has 1 unspecified atom stereocenters. The van der Waals surface area contributed by atoms with Crippen molar-refractivity contribution in [3.05, 3.63) is 46.2 Å². The average Bonchev–Trinajstić information content (AvgIpc) is 2.80. The smallest absolute Gasteiger partial charge is 0.114 e. The van der Waals surface area contributed by atoms with E-state index >= 15 is 0 Å². The van der Waals surface area contributed by atoms with Crippen LogP contribution in [-0.2, 0) is 4.74 Å².